The molecule has 0 aliphatic carbocycles. The van der Waals surface area contributed by atoms with Crippen LogP contribution in [0.15, 0.2) is 47.4 Å². The summed E-state index contributed by atoms with van der Waals surface area (Å²) in [7, 11) is -6.11. The van der Waals surface area contributed by atoms with E-state index in [1.807, 2.05) is 24.3 Å². The van der Waals surface area contributed by atoms with Gasteiger partial charge < -0.3 is 15.3 Å². The third-order valence-corrected chi connectivity index (χ3v) is 9.10. The van der Waals surface area contributed by atoms with Crippen LogP contribution in [0.1, 0.15) is 6.42 Å². The van der Waals surface area contributed by atoms with Gasteiger partial charge in [0.25, 0.3) is 0 Å². The molecule has 4 N–H and O–H groups in total. The van der Waals surface area contributed by atoms with Gasteiger partial charge >= 0.3 is 0 Å². The van der Waals surface area contributed by atoms with Crippen molar-refractivity contribution in [3.05, 3.63) is 42.5 Å². The van der Waals surface area contributed by atoms with Gasteiger partial charge in [-0.25, -0.2) is 13.1 Å². The van der Waals surface area contributed by atoms with Crippen molar-refractivity contribution in [2.45, 2.75) is 17.4 Å². The van der Waals surface area contributed by atoms with E-state index in [0.717, 1.165) is 10.8 Å². The van der Waals surface area contributed by atoms with Gasteiger partial charge in [0, 0.05) is 25.2 Å². The molecule has 0 radical (unpaired) electrons. The molecule has 2 rings (SSSR count). The first-order chi connectivity index (χ1) is 11.5. The Morgan fingerprint density at radius 1 is 0.917 bits per heavy atom. The number of aliphatic hydroxyl groups excluding tert-OH is 3. The van der Waals surface area contributed by atoms with Crippen molar-refractivity contribution in [3.63, 3.8) is 0 Å². The first-order valence-electron chi connectivity index (χ1n) is 7.77. The maximum absolute atomic E-state index is 12.4. The smallest absolute Gasteiger partial charge is 0.240 e. The van der Waals surface area contributed by atoms with Gasteiger partial charge in [0.15, 0.2) is 0 Å². The highest BCUT2D eigenvalue weighted by Gasteiger charge is 2.30. The maximum atomic E-state index is 12.4. The molecule has 0 unspecified atom stereocenters. The summed E-state index contributed by atoms with van der Waals surface area (Å²) in [5.74, 6) is 0. The topological polar surface area (TPSA) is 107 Å². The molecule has 0 bridgehead atoms. The Labute approximate surface area is 142 Å². The minimum absolute atomic E-state index is 0.198. The number of aliphatic hydroxyl groups is 3. The molecule has 2 aromatic carbocycles. The molecule has 24 heavy (non-hydrogen) atoms. The third kappa shape index (κ3) is 4.41. The highest BCUT2D eigenvalue weighted by atomic mass is 32.2. The monoisotopic (exact) mass is 369 g/mol. The Balaban J connectivity index is 2.00. The molecule has 132 valence electrons. The van der Waals surface area contributed by atoms with Crippen LogP contribution in [0.4, 0.5) is 0 Å². The predicted molar refractivity (Wildman–Crippen MR) is 95.6 cm³/mol. The molecule has 0 spiro atoms. The Kier molecular flexibility index (Phi) is 6.50. The zero-order valence-electron chi connectivity index (χ0n) is 13.4. The first-order valence-corrected chi connectivity index (χ1v) is 12.1. The summed E-state index contributed by atoms with van der Waals surface area (Å²) in [4.78, 5) is 0.205. The van der Waals surface area contributed by atoms with Crippen molar-refractivity contribution in [2.24, 2.45) is 0 Å². The quantitative estimate of drug-likeness (QED) is 0.381. The molecule has 0 amide bonds. The van der Waals surface area contributed by atoms with Crippen molar-refractivity contribution in [3.8, 4) is 0 Å². The fourth-order valence-electron chi connectivity index (χ4n) is 2.47. The van der Waals surface area contributed by atoms with E-state index in [1.54, 1.807) is 18.2 Å². The van der Waals surface area contributed by atoms with Crippen molar-refractivity contribution in [1.29, 1.82) is 0 Å². The standard InChI is InChI=1S/C16H23NO5SSi/c18-11-24(12-19,13-20)9-3-8-17-23(21,22)16-7-6-14-4-1-2-5-15(14)10-16/h1-2,4-7,10,17-20H,3,8-9,11-13H2. The number of sulfonamides is 1. The van der Waals surface area contributed by atoms with E-state index in [2.05, 4.69) is 4.72 Å². The van der Waals surface area contributed by atoms with Crippen molar-refractivity contribution in [1.82, 2.24) is 4.72 Å². The Morgan fingerprint density at radius 3 is 2.17 bits per heavy atom. The number of nitrogens with one attached hydrogen (secondary N) is 1. The number of hydrogen-bond donors (Lipinski definition) is 4. The summed E-state index contributed by atoms with van der Waals surface area (Å²) in [6, 6.07) is 13.0. The molecule has 0 fully saturated rings. The molecule has 0 atom stereocenters. The molecular formula is C16H23NO5SSi. The van der Waals surface area contributed by atoms with Crippen LogP contribution in [0.25, 0.3) is 10.8 Å². The van der Waals surface area contributed by atoms with Gasteiger partial charge in [0.05, 0.1) is 4.90 Å². The predicted octanol–water partition coefficient (Wildman–Crippen LogP) is 0.551. The van der Waals surface area contributed by atoms with Crippen LogP contribution < -0.4 is 4.72 Å². The molecule has 0 saturated carbocycles. The first kappa shape index (κ1) is 19.0. The van der Waals surface area contributed by atoms with Gasteiger partial charge in [-0.05, 0) is 29.3 Å². The average Bonchev–Trinajstić information content (AvgIpc) is 2.62. The average molecular weight is 370 g/mol. The second-order valence-electron chi connectivity index (χ2n) is 5.98. The third-order valence-electron chi connectivity index (χ3n) is 4.21. The van der Waals surface area contributed by atoms with Crippen LogP contribution in [0.5, 0.6) is 0 Å². The number of fused-ring (bicyclic) bond motifs is 1. The molecule has 2 aromatic rings. The minimum Gasteiger partial charge on any atom is -0.399 e. The lowest BCUT2D eigenvalue weighted by Gasteiger charge is -2.24. The van der Waals surface area contributed by atoms with Gasteiger partial charge in [-0.1, -0.05) is 36.4 Å². The summed E-state index contributed by atoms with van der Waals surface area (Å²) in [6.45, 7) is 0.198. The summed E-state index contributed by atoms with van der Waals surface area (Å²) in [6.07, 6.45) is -0.174. The second kappa shape index (κ2) is 8.19. The largest absolute Gasteiger partial charge is 0.399 e. The summed E-state index contributed by atoms with van der Waals surface area (Å²) in [5, 5.41) is 29.8. The van der Waals surface area contributed by atoms with Gasteiger partial charge in [-0.15, -0.1) is 0 Å². The van der Waals surface area contributed by atoms with Crippen LogP contribution in [0.3, 0.4) is 0 Å². The van der Waals surface area contributed by atoms with E-state index in [-0.39, 0.29) is 30.1 Å². The second-order valence-corrected chi connectivity index (χ2v) is 12.2. The van der Waals surface area contributed by atoms with E-state index in [0.29, 0.717) is 12.5 Å². The lowest BCUT2D eigenvalue weighted by molar-refractivity contribution is 0.286. The SMILES string of the molecule is O=S(=O)(NCCC[Si](CO)(CO)CO)c1ccc2ccccc2c1. The summed E-state index contributed by atoms with van der Waals surface area (Å²) >= 11 is 0. The lowest BCUT2D eigenvalue weighted by Crippen LogP contribution is -2.48. The summed E-state index contributed by atoms with van der Waals surface area (Å²) in [5.41, 5.74) is 0. The molecule has 8 heteroatoms. The minimum atomic E-state index is -3.61. The maximum Gasteiger partial charge on any atom is 0.240 e. The van der Waals surface area contributed by atoms with Gasteiger partial charge in [0.1, 0.15) is 8.07 Å². The lowest BCUT2D eigenvalue weighted by atomic mass is 10.1. The highest BCUT2D eigenvalue weighted by molar-refractivity contribution is 7.89. The van der Waals surface area contributed by atoms with Crippen molar-refractivity contribution < 1.29 is 23.7 Å². The molecule has 6 nitrogen and oxygen atoms in total. The van der Waals surface area contributed by atoms with Crippen LogP contribution in [-0.2, 0) is 10.0 Å². The van der Waals surface area contributed by atoms with Crippen LogP contribution in [0.2, 0.25) is 6.04 Å². The van der Waals surface area contributed by atoms with E-state index in [9.17, 15) is 23.7 Å². The van der Waals surface area contributed by atoms with E-state index >= 15 is 0 Å². The van der Waals surface area contributed by atoms with E-state index < -0.39 is 18.1 Å². The van der Waals surface area contributed by atoms with Crippen LogP contribution in [0, 0.1) is 0 Å². The number of benzene rings is 2. The van der Waals surface area contributed by atoms with Crippen LogP contribution >= 0.6 is 0 Å². The molecule has 0 aliphatic heterocycles. The fourth-order valence-corrected chi connectivity index (χ4v) is 5.29. The molecule has 0 aromatic heterocycles. The van der Waals surface area contributed by atoms with Gasteiger partial charge in [-0.2, -0.15) is 0 Å². The van der Waals surface area contributed by atoms with Gasteiger partial charge in [0.2, 0.25) is 10.0 Å². The fraction of sp³-hybridized carbons (Fsp3) is 0.375. The summed E-state index contributed by atoms with van der Waals surface area (Å²) < 4.78 is 27.3. The number of hydrogen-bond acceptors (Lipinski definition) is 5. The molecule has 0 heterocycles. The van der Waals surface area contributed by atoms with E-state index in [4.69, 9.17) is 0 Å². The van der Waals surface area contributed by atoms with Gasteiger partial charge in [-0.3, -0.25) is 0 Å². The normalized spacial score (nSPS) is 12.6. The van der Waals surface area contributed by atoms with Crippen molar-refractivity contribution in [2.75, 3.05) is 25.2 Å². The Morgan fingerprint density at radius 2 is 1.54 bits per heavy atom. The zero-order valence-corrected chi connectivity index (χ0v) is 15.2. The van der Waals surface area contributed by atoms with Crippen LogP contribution in [-0.4, -0.2) is 57.0 Å². The Hall–Kier alpha value is -1.29. The van der Waals surface area contributed by atoms with E-state index in [1.165, 1.54) is 0 Å². The highest BCUT2D eigenvalue weighted by Crippen LogP contribution is 2.19. The molecule has 0 aliphatic rings. The van der Waals surface area contributed by atoms with Crippen molar-refractivity contribution >= 4 is 28.9 Å². The number of rotatable bonds is 9. The Bertz CT molecular complexity index is 769. The molecule has 0 saturated heterocycles. The zero-order chi connectivity index (χ0) is 17.6. The molecular weight excluding hydrogens is 346 g/mol.